The quantitative estimate of drug-likeness (QED) is 0.818. The van der Waals surface area contributed by atoms with Gasteiger partial charge in [-0.25, -0.2) is 0 Å². The maximum absolute atomic E-state index is 5.86. The van der Waals surface area contributed by atoms with Gasteiger partial charge in [0.15, 0.2) is 11.5 Å². The lowest BCUT2D eigenvalue weighted by Gasteiger charge is -2.27. The summed E-state index contributed by atoms with van der Waals surface area (Å²) in [5.74, 6) is 1.51. The summed E-state index contributed by atoms with van der Waals surface area (Å²) < 4.78 is 10.7. The van der Waals surface area contributed by atoms with Crippen molar-refractivity contribution in [3.05, 3.63) is 23.8 Å². The number of para-hydroxylation sites is 1. The van der Waals surface area contributed by atoms with E-state index < -0.39 is 0 Å². The maximum atomic E-state index is 5.86. The van der Waals surface area contributed by atoms with Crippen molar-refractivity contribution in [3.63, 3.8) is 0 Å². The molecule has 0 radical (unpaired) electrons. The Morgan fingerprint density at radius 3 is 2.47 bits per heavy atom. The second kappa shape index (κ2) is 6.47. The van der Waals surface area contributed by atoms with E-state index in [2.05, 4.69) is 18.9 Å². The Balaban J connectivity index is 3.18. The number of hydrogen-bond acceptors (Lipinski definition) is 4. The van der Waals surface area contributed by atoms with Crippen LogP contribution < -0.4 is 15.2 Å². The summed E-state index contributed by atoms with van der Waals surface area (Å²) in [5, 5.41) is 0. The van der Waals surface area contributed by atoms with Crippen molar-refractivity contribution in [2.45, 2.75) is 13.0 Å². The van der Waals surface area contributed by atoms with E-state index in [1.165, 1.54) is 0 Å². The molecule has 4 nitrogen and oxygen atoms in total. The Labute approximate surface area is 103 Å². The van der Waals surface area contributed by atoms with Gasteiger partial charge in [0.1, 0.15) is 0 Å². The van der Waals surface area contributed by atoms with E-state index in [-0.39, 0.29) is 6.04 Å². The normalized spacial score (nSPS) is 12.6. The van der Waals surface area contributed by atoms with Crippen molar-refractivity contribution in [2.24, 2.45) is 5.73 Å². The van der Waals surface area contributed by atoms with E-state index in [4.69, 9.17) is 15.2 Å². The van der Waals surface area contributed by atoms with Gasteiger partial charge < -0.3 is 15.2 Å². The van der Waals surface area contributed by atoms with E-state index >= 15 is 0 Å². The van der Waals surface area contributed by atoms with Crippen molar-refractivity contribution in [2.75, 3.05) is 34.4 Å². The van der Waals surface area contributed by atoms with Crippen LogP contribution in [0, 0.1) is 0 Å². The van der Waals surface area contributed by atoms with Crippen LogP contribution in [0.5, 0.6) is 11.5 Å². The van der Waals surface area contributed by atoms with Gasteiger partial charge in [0, 0.05) is 12.1 Å². The molecule has 0 bridgehead atoms. The number of likely N-dealkylation sites (N-methyl/N-ethyl adjacent to an activating group) is 1. The van der Waals surface area contributed by atoms with Crippen LogP contribution in [0.2, 0.25) is 0 Å². The third kappa shape index (κ3) is 2.90. The standard InChI is InChI=1S/C13H22N2O2/c1-5-15(2)11(9-14)10-7-6-8-12(16-3)13(10)17-4/h6-8,11H,5,9,14H2,1-4H3. The van der Waals surface area contributed by atoms with Crippen molar-refractivity contribution in [1.29, 1.82) is 0 Å². The van der Waals surface area contributed by atoms with E-state index in [1.807, 2.05) is 18.2 Å². The minimum atomic E-state index is 0.144. The number of hydrogen-bond donors (Lipinski definition) is 1. The van der Waals surface area contributed by atoms with Crippen LogP contribution in [0.15, 0.2) is 18.2 Å². The monoisotopic (exact) mass is 238 g/mol. The summed E-state index contributed by atoms with van der Waals surface area (Å²) in [6.07, 6.45) is 0. The van der Waals surface area contributed by atoms with Gasteiger partial charge in [0.05, 0.1) is 20.3 Å². The number of nitrogens with two attached hydrogens (primary N) is 1. The third-order valence-electron chi connectivity index (χ3n) is 3.05. The van der Waals surface area contributed by atoms with E-state index in [0.717, 1.165) is 23.6 Å². The van der Waals surface area contributed by atoms with Gasteiger partial charge in [0.2, 0.25) is 0 Å². The largest absolute Gasteiger partial charge is 0.493 e. The fraction of sp³-hybridized carbons (Fsp3) is 0.538. The maximum Gasteiger partial charge on any atom is 0.165 e. The summed E-state index contributed by atoms with van der Waals surface area (Å²) >= 11 is 0. The highest BCUT2D eigenvalue weighted by atomic mass is 16.5. The summed E-state index contributed by atoms with van der Waals surface area (Å²) in [4.78, 5) is 2.19. The first-order valence-electron chi connectivity index (χ1n) is 5.80. The molecular weight excluding hydrogens is 216 g/mol. The second-order valence-corrected chi connectivity index (χ2v) is 3.91. The predicted octanol–water partition coefficient (Wildman–Crippen LogP) is 1.66. The molecule has 17 heavy (non-hydrogen) atoms. The second-order valence-electron chi connectivity index (χ2n) is 3.91. The summed E-state index contributed by atoms with van der Waals surface area (Å²) in [6, 6.07) is 6.03. The number of ether oxygens (including phenoxy) is 2. The van der Waals surface area contributed by atoms with Crippen LogP contribution in [0.3, 0.4) is 0 Å². The highest BCUT2D eigenvalue weighted by molar-refractivity contribution is 5.48. The molecule has 0 amide bonds. The summed E-state index contributed by atoms with van der Waals surface area (Å²) in [5.41, 5.74) is 6.93. The smallest absolute Gasteiger partial charge is 0.165 e. The average Bonchev–Trinajstić information content (AvgIpc) is 2.38. The first-order chi connectivity index (χ1) is 8.19. The number of methoxy groups -OCH3 is 2. The first kappa shape index (κ1) is 13.8. The fourth-order valence-electron chi connectivity index (χ4n) is 1.94. The highest BCUT2D eigenvalue weighted by Gasteiger charge is 2.20. The molecule has 0 aromatic heterocycles. The molecule has 0 aliphatic carbocycles. The fourth-order valence-corrected chi connectivity index (χ4v) is 1.94. The molecule has 2 N–H and O–H groups in total. The molecule has 0 aliphatic rings. The molecule has 0 aliphatic heterocycles. The molecule has 0 saturated heterocycles. The van der Waals surface area contributed by atoms with Crippen LogP contribution in [0.25, 0.3) is 0 Å². The number of nitrogens with zero attached hydrogens (tertiary/aromatic N) is 1. The lowest BCUT2D eigenvalue weighted by Crippen LogP contribution is -2.30. The average molecular weight is 238 g/mol. The zero-order valence-electron chi connectivity index (χ0n) is 11.1. The lowest BCUT2D eigenvalue weighted by molar-refractivity contribution is 0.253. The molecular formula is C13H22N2O2. The summed E-state index contributed by atoms with van der Waals surface area (Å²) in [6.45, 7) is 3.59. The molecule has 1 rings (SSSR count). The zero-order chi connectivity index (χ0) is 12.8. The molecule has 1 unspecified atom stereocenters. The van der Waals surface area contributed by atoms with Crippen molar-refractivity contribution in [3.8, 4) is 11.5 Å². The minimum Gasteiger partial charge on any atom is -0.493 e. The molecule has 1 atom stereocenters. The Hall–Kier alpha value is -1.26. The molecule has 0 heterocycles. The summed E-state index contributed by atoms with van der Waals surface area (Å²) in [7, 11) is 5.35. The molecule has 1 aromatic carbocycles. The van der Waals surface area contributed by atoms with E-state index in [1.54, 1.807) is 14.2 Å². The third-order valence-corrected chi connectivity index (χ3v) is 3.05. The Morgan fingerprint density at radius 1 is 1.29 bits per heavy atom. The zero-order valence-corrected chi connectivity index (χ0v) is 11.1. The Kier molecular flexibility index (Phi) is 5.25. The molecule has 4 heteroatoms. The van der Waals surface area contributed by atoms with Gasteiger partial charge in [-0.05, 0) is 19.7 Å². The van der Waals surface area contributed by atoms with Crippen molar-refractivity contribution in [1.82, 2.24) is 4.90 Å². The molecule has 1 aromatic rings. The minimum absolute atomic E-state index is 0.144. The molecule has 96 valence electrons. The first-order valence-corrected chi connectivity index (χ1v) is 5.80. The van der Waals surface area contributed by atoms with Gasteiger partial charge in [-0.3, -0.25) is 4.90 Å². The predicted molar refractivity (Wildman–Crippen MR) is 69.6 cm³/mol. The molecule has 0 spiro atoms. The van der Waals surface area contributed by atoms with Crippen molar-refractivity contribution >= 4 is 0 Å². The van der Waals surface area contributed by atoms with Crippen LogP contribution in [-0.4, -0.2) is 39.3 Å². The highest BCUT2D eigenvalue weighted by Crippen LogP contribution is 2.35. The van der Waals surface area contributed by atoms with Crippen LogP contribution in [0.4, 0.5) is 0 Å². The SMILES string of the molecule is CCN(C)C(CN)c1cccc(OC)c1OC. The lowest BCUT2D eigenvalue weighted by atomic mass is 10.0. The van der Waals surface area contributed by atoms with E-state index in [9.17, 15) is 0 Å². The van der Waals surface area contributed by atoms with Gasteiger partial charge in [-0.1, -0.05) is 19.1 Å². The Bertz CT molecular complexity index is 355. The van der Waals surface area contributed by atoms with Gasteiger partial charge >= 0.3 is 0 Å². The van der Waals surface area contributed by atoms with Crippen molar-refractivity contribution < 1.29 is 9.47 Å². The van der Waals surface area contributed by atoms with Gasteiger partial charge in [-0.2, -0.15) is 0 Å². The van der Waals surface area contributed by atoms with Crippen LogP contribution >= 0.6 is 0 Å². The van der Waals surface area contributed by atoms with Crippen LogP contribution in [-0.2, 0) is 0 Å². The molecule has 0 fully saturated rings. The Morgan fingerprint density at radius 2 is 2.00 bits per heavy atom. The van der Waals surface area contributed by atoms with E-state index in [0.29, 0.717) is 6.54 Å². The van der Waals surface area contributed by atoms with Crippen LogP contribution in [0.1, 0.15) is 18.5 Å². The number of rotatable bonds is 6. The number of benzene rings is 1. The van der Waals surface area contributed by atoms with Gasteiger partial charge in [-0.15, -0.1) is 0 Å². The topological polar surface area (TPSA) is 47.7 Å². The molecule has 0 saturated carbocycles. The van der Waals surface area contributed by atoms with Gasteiger partial charge in [0.25, 0.3) is 0 Å².